The van der Waals surface area contributed by atoms with Crippen LogP contribution in [0.1, 0.15) is 0 Å². The third-order valence-electron chi connectivity index (χ3n) is 3.79. The predicted octanol–water partition coefficient (Wildman–Crippen LogP) is 5.67. The first-order valence-corrected chi connectivity index (χ1v) is 8.11. The second-order valence-electron chi connectivity index (χ2n) is 5.34. The van der Waals surface area contributed by atoms with Crippen LogP contribution in [0.15, 0.2) is 66.7 Å². The summed E-state index contributed by atoms with van der Waals surface area (Å²) in [4.78, 5) is 12.0. The summed E-state index contributed by atoms with van der Waals surface area (Å²) in [5.41, 5.74) is 3.22. The second kappa shape index (κ2) is 6.19. The SMILES string of the molecule is Clc1nc(Cl)nc(-c2ccc3cc(-c4ccccc4)ccc3c2)n1. The fourth-order valence-corrected chi connectivity index (χ4v) is 3.01. The maximum Gasteiger partial charge on any atom is 0.227 e. The molecule has 1 aromatic heterocycles. The van der Waals surface area contributed by atoms with Crippen LogP contribution < -0.4 is 0 Å². The molecule has 0 radical (unpaired) electrons. The van der Waals surface area contributed by atoms with Crippen molar-refractivity contribution in [2.24, 2.45) is 0 Å². The van der Waals surface area contributed by atoms with Crippen molar-refractivity contribution < 1.29 is 0 Å². The monoisotopic (exact) mass is 351 g/mol. The van der Waals surface area contributed by atoms with Crippen LogP contribution in [0.4, 0.5) is 0 Å². The Hall–Kier alpha value is -2.49. The topological polar surface area (TPSA) is 38.7 Å². The summed E-state index contributed by atoms with van der Waals surface area (Å²) in [6.07, 6.45) is 0. The lowest BCUT2D eigenvalue weighted by Gasteiger charge is -2.06. The molecule has 0 atom stereocenters. The average molecular weight is 352 g/mol. The van der Waals surface area contributed by atoms with Gasteiger partial charge in [0.15, 0.2) is 5.82 Å². The van der Waals surface area contributed by atoms with Crippen LogP contribution in [0.3, 0.4) is 0 Å². The Bertz CT molecular complexity index is 1010. The number of benzene rings is 3. The van der Waals surface area contributed by atoms with E-state index in [-0.39, 0.29) is 10.6 Å². The summed E-state index contributed by atoms with van der Waals surface area (Å²) in [6, 6.07) is 22.7. The minimum atomic E-state index is 0.0875. The molecule has 4 rings (SSSR count). The number of aromatic nitrogens is 3. The molecule has 24 heavy (non-hydrogen) atoms. The molecule has 3 nitrogen and oxygen atoms in total. The molecule has 116 valence electrons. The molecule has 0 bridgehead atoms. The van der Waals surface area contributed by atoms with Crippen molar-refractivity contribution in [1.29, 1.82) is 0 Å². The summed E-state index contributed by atoms with van der Waals surface area (Å²) >= 11 is 11.7. The number of nitrogens with zero attached hydrogens (tertiary/aromatic N) is 3. The molecule has 0 spiro atoms. The Morgan fingerprint density at radius 3 is 1.79 bits per heavy atom. The Balaban J connectivity index is 1.79. The molecule has 3 aromatic carbocycles. The van der Waals surface area contributed by atoms with E-state index < -0.39 is 0 Å². The van der Waals surface area contributed by atoms with E-state index in [2.05, 4.69) is 45.3 Å². The molecule has 0 fully saturated rings. The average Bonchev–Trinajstić information content (AvgIpc) is 2.61. The molecule has 0 unspecified atom stereocenters. The van der Waals surface area contributed by atoms with Crippen LogP contribution >= 0.6 is 23.2 Å². The number of hydrogen-bond donors (Lipinski definition) is 0. The Morgan fingerprint density at radius 2 is 1.12 bits per heavy atom. The van der Waals surface area contributed by atoms with E-state index in [0.29, 0.717) is 5.82 Å². The third kappa shape index (κ3) is 2.96. The van der Waals surface area contributed by atoms with Gasteiger partial charge in [-0.3, -0.25) is 0 Å². The van der Waals surface area contributed by atoms with Gasteiger partial charge in [-0.05, 0) is 57.2 Å². The van der Waals surface area contributed by atoms with Crippen molar-refractivity contribution in [2.45, 2.75) is 0 Å². The van der Waals surface area contributed by atoms with Gasteiger partial charge in [0.2, 0.25) is 10.6 Å². The van der Waals surface area contributed by atoms with E-state index in [1.54, 1.807) is 0 Å². The summed E-state index contributed by atoms with van der Waals surface area (Å²) in [5, 5.41) is 2.42. The smallest absolute Gasteiger partial charge is 0.198 e. The number of halogens is 2. The molecular formula is C19H11Cl2N3. The number of fused-ring (bicyclic) bond motifs is 1. The lowest BCUT2D eigenvalue weighted by molar-refractivity contribution is 1.06. The number of hydrogen-bond acceptors (Lipinski definition) is 3. The highest BCUT2D eigenvalue weighted by atomic mass is 35.5. The fourth-order valence-electron chi connectivity index (χ4n) is 2.65. The fraction of sp³-hybridized carbons (Fsp3) is 0. The van der Waals surface area contributed by atoms with Gasteiger partial charge in [0, 0.05) is 5.56 Å². The van der Waals surface area contributed by atoms with E-state index >= 15 is 0 Å². The first-order chi connectivity index (χ1) is 11.7. The minimum absolute atomic E-state index is 0.0875. The van der Waals surface area contributed by atoms with Crippen LogP contribution in [0, 0.1) is 0 Å². The van der Waals surface area contributed by atoms with Gasteiger partial charge >= 0.3 is 0 Å². The van der Waals surface area contributed by atoms with Crippen molar-refractivity contribution in [3.8, 4) is 22.5 Å². The Morgan fingerprint density at radius 1 is 0.542 bits per heavy atom. The Labute approximate surface area is 148 Å². The van der Waals surface area contributed by atoms with Gasteiger partial charge in [0.25, 0.3) is 0 Å². The molecule has 5 heteroatoms. The van der Waals surface area contributed by atoms with Gasteiger partial charge < -0.3 is 0 Å². The zero-order chi connectivity index (χ0) is 16.5. The van der Waals surface area contributed by atoms with Crippen molar-refractivity contribution in [2.75, 3.05) is 0 Å². The molecular weight excluding hydrogens is 341 g/mol. The van der Waals surface area contributed by atoms with Crippen molar-refractivity contribution >= 4 is 34.0 Å². The van der Waals surface area contributed by atoms with Gasteiger partial charge in [-0.1, -0.05) is 54.6 Å². The molecule has 0 N–H and O–H groups in total. The molecule has 0 saturated carbocycles. The maximum absolute atomic E-state index is 5.86. The predicted molar refractivity (Wildman–Crippen MR) is 98.2 cm³/mol. The molecule has 0 saturated heterocycles. The molecule has 0 amide bonds. The van der Waals surface area contributed by atoms with E-state index in [1.165, 1.54) is 11.1 Å². The second-order valence-corrected chi connectivity index (χ2v) is 6.02. The summed E-state index contributed by atoms with van der Waals surface area (Å²) in [5.74, 6) is 0.467. The quantitative estimate of drug-likeness (QED) is 0.467. The van der Waals surface area contributed by atoms with Crippen LogP contribution in [0.25, 0.3) is 33.3 Å². The molecule has 0 aliphatic carbocycles. The lowest BCUT2D eigenvalue weighted by Crippen LogP contribution is -1.93. The highest BCUT2D eigenvalue weighted by Gasteiger charge is 2.07. The standard InChI is InChI=1S/C19H11Cl2N3/c20-18-22-17(23-19(21)24-18)16-9-8-14-10-13(6-7-15(14)11-16)12-4-2-1-3-5-12/h1-11H. The van der Waals surface area contributed by atoms with E-state index in [1.807, 2.05) is 36.4 Å². The van der Waals surface area contributed by atoms with Crippen LogP contribution in [0.5, 0.6) is 0 Å². The normalized spacial score (nSPS) is 10.9. The zero-order valence-electron chi connectivity index (χ0n) is 12.4. The van der Waals surface area contributed by atoms with Crippen LogP contribution in [-0.4, -0.2) is 15.0 Å². The number of rotatable bonds is 2. The molecule has 0 aliphatic heterocycles. The van der Waals surface area contributed by atoms with Gasteiger partial charge in [-0.25, -0.2) is 0 Å². The van der Waals surface area contributed by atoms with E-state index in [9.17, 15) is 0 Å². The summed E-state index contributed by atoms with van der Waals surface area (Å²) in [7, 11) is 0. The largest absolute Gasteiger partial charge is 0.227 e. The third-order valence-corrected chi connectivity index (χ3v) is 4.12. The van der Waals surface area contributed by atoms with E-state index in [0.717, 1.165) is 16.3 Å². The van der Waals surface area contributed by atoms with Crippen molar-refractivity contribution in [3.63, 3.8) is 0 Å². The first-order valence-electron chi connectivity index (χ1n) is 7.36. The minimum Gasteiger partial charge on any atom is -0.198 e. The molecule has 4 aromatic rings. The van der Waals surface area contributed by atoms with Crippen molar-refractivity contribution in [1.82, 2.24) is 15.0 Å². The zero-order valence-corrected chi connectivity index (χ0v) is 14.0. The summed E-state index contributed by atoms with van der Waals surface area (Å²) < 4.78 is 0. The van der Waals surface area contributed by atoms with Gasteiger partial charge in [0.1, 0.15) is 0 Å². The van der Waals surface area contributed by atoms with Crippen LogP contribution in [-0.2, 0) is 0 Å². The Kier molecular flexibility index (Phi) is 3.89. The van der Waals surface area contributed by atoms with Gasteiger partial charge in [-0.2, -0.15) is 15.0 Å². The lowest BCUT2D eigenvalue weighted by atomic mass is 10.00. The van der Waals surface area contributed by atoms with Crippen molar-refractivity contribution in [3.05, 3.63) is 77.3 Å². The van der Waals surface area contributed by atoms with Gasteiger partial charge in [-0.15, -0.1) is 0 Å². The highest BCUT2D eigenvalue weighted by molar-refractivity contribution is 6.31. The molecule has 0 aliphatic rings. The first kappa shape index (κ1) is 15.1. The summed E-state index contributed by atoms with van der Waals surface area (Å²) in [6.45, 7) is 0. The van der Waals surface area contributed by atoms with Gasteiger partial charge in [0.05, 0.1) is 0 Å². The maximum atomic E-state index is 5.86. The molecule has 1 heterocycles. The van der Waals surface area contributed by atoms with E-state index in [4.69, 9.17) is 23.2 Å². The highest BCUT2D eigenvalue weighted by Crippen LogP contribution is 2.27. The van der Waals surface area contributed by atoms with Crippen LogP contribution in [0.2, 0.25) is 10.6 Å².